The Balaban J connectivity index is 1.53. The van der Waals surface area contributed by atoms with Crippen molar-refractivity contribution < 1.29 is 4.79 Å². The Morgan fingerprint density at radius 3 is 2.52 bits per heavy atom. The fourth-order valence-corrected chi connectivity index (χ4v) is 5.76. The SMILES string of the molecule is CC(C)C1CC(c2ccccc2)CCN1C(=O)[C@@H]1CNC[C@H]1c1ccccc1Br. The molecule has 2 aliphatic heterocycles. The monoisotopic (exact) mass is 454 g/mol. The highest BCUT2D eigenvalue weighted by Gasteiger charge is 2.41. The maximum Gasteiger partial charge on any atom is 0.227 e. The molecule has 4 rings (SSSR count). The van der Waals surface area contributed by atoms with E-state index in [1.54, 1.807) is 0 Å². The average molecular weight is 455 g/mol. The zero-order valence-electron chi connectivity index (χ0n) is 17.4. The van der Waals surface area contributed by atoms with E-state index in [0.29, 0.717) is 23.8 Å². The summed E-state index contributed by atoms with van der Waals surface area (Å²) in [5.41, 5.74) is 2.66. The lowest BCUT2D eigenvalue weighted by Gasteiger charge is -2.43. The van der Waals surface area contributed by atoms with Crippen LogP contribution in [-0.2, 0) is 4.79 Å². The Bertz CT molecular complexity index is 838. The van der Waals surface area contributed by atoms with Gasteiger partial charge in [-0.3, -0.25) is 4.79 Å². The Hall–Kier alpha value is -1.65. The van der Waals surface area contributed by atoms with Gasteiger partial charge in [0, 0.05) is 36.1 Å². The average Bonchev–Trinajstić information content (AvgIpc) is 3.23. The van der Waals surface area contributed by atoms with Crippen molar-refractivity contribution in [3.8, 4) is 0 Å². The molecule has 0 aliphatic carbocycles. The van der Waals surface area contributed by atoms with Gasteiger partial charge in [0.25, 0.3) is 0 Å². The van der Waals surface area contributed by atoms with E-state index in [2.05, 4.69) is 88.5 Å². The van der Waals surface area contributed by atoms with E-state index in [1.807, 2.05) is 6.07 Å². The van der Waals surface area contributed by atoms with E-state index in [-0.39, 0.29) is 11.8 Å². The molecular formula is C25H31BrN2O. The summed E-state index contributed by atoms with van der Waals surface area (Å²) in [4.78, 5) is 15.9. The van der Waals surface area contributed by atoms with Crippen LogP contribution in [0.2, 0.25) is 0 Å². The number of amides is 1. The Morgan fingerprint density at radius 1 is 1.07 bits per heavy atom. The summed E-state index contributed by atoms with van der Waals surface area (Å²) in [6, 6.07) is 19.5. The van der Waals surface area contributed by atoms with E-state index >= 15 is 0 Å². The van der Waals surface area contributed by atoms with Crippen LogP contribution in [0.4, 0.5) is 0 Å². The van der Waals surface area contributed by atoms with Gasteiger partial charge in [-0.1, -0.05) is 78.3 Å². The molecule has 4 atom stereocenters. The van der Waals surface area contributed by atoms with Crippen LogP contribution in [0.1, 0.15) is 49.7 Å². The molecule has 0 bridgehead atoms. The van der Waals surface area contributed by atoms with Crippen LogP contribution in [0.5, 0.6) is 0 Å². The number of piperidine rings is 1. The molecule has 2 heterocycles. The molecule has 4 heteroatoms. The Morgan fingerprint density at radius 2 is 1.79 bits per heavy atom. The van der Waals surface area contributed by atoms with Crippen LogP contribution in [0.15, 0.2) is 59.1 Å². The minimum absolute atomic E-state index is 0.0169. The molecule has 154 valence electrons. The van der Waals surface area contributed by atoms with Gasteiger partial charge in [-0.2, -0.15) is 0 Å². The molecule has 2 saturated heterocycles. The first-order chi connectivity index (χ1) is 14.1. The lowest BCUT2D eigenvalue weighted by atomic mass is 9.80. The van der Waals surface area contributed by atoms with Crippen molar-refractivity contribution in [1.29, 1.82) is 0 Å². The highest BCUT2D eigenvalue weighted by Crippen LogP contribution is 2.38. The maximum atomic E-state index is 13.7. The fraction of sp³-hybridized carbons (Fsp3) is 0.480. The molecule has 3 nitrogen and oxygen atoms in total. The van der Waals surface area contributed by atoms with Crippen LogP contribution >= 0.6 is 15.9 Å². The lowest BCUT2D eigenvalue weighted by molar-refractivity contribution is -0.140. The number of halogens is 1. The molecule has 2 aromatic carbocycles. The predicted octanol–water partition coefficient (Wildman–Crippen LogP) is 5.18. The molecule has 2 aliphatic rings. The lowest BCUT2D eigenvalue weighted by Crippen LogP contribution is -2.51. The van der Waals surface area contributed by atoms with Crippen LogP contribution < -0.4 is 5.32 Å². The van der Waals surface area contributed by atoms with Crippen molar-refractivity contribution in [3.05, 3.63) is 70.2 Å². The maximum absolute atomic E-state index is 13.7. The van der Waals surface area contributed by atoms with Gasteiger partial charge < -0.3 is 10.2 Å². The number of benzene rings is 2. The van der Waals surface area contributed by atoms with Gasteiger partial charge in [0.1, 0.15) is 0 Å². The van der Waals surface area contributed by atoms with E-state index in [1.165, 1.54) is 11.1 Å². The molecule has 2 fully saturated rings. The molecule has 0 saturated carbocycles. The topological polar surface area (TPSA) is 32.3 Å². The van der Waals surface area contributed by atoms with E-state index in [9.17, 15) is 4.79 Å². The van der Waals surface area contributed by atoms with Gasteiger partial charge in [-0.15, -0.1) is 0 Å². The number of carbonyl (C=O) groups excluding carboxylic acids is 1. The van der Waals surface area contributed by atoms with E-state index in [0.717, 1.165) is 36.9 Å². The quantitative estimate of drug-likeness (QED) is 0.689. The van der Waals surface area contributed by atoms with Gasteiger partial charge in [-0.25, -0.2) is 0 Å². The predicted molar refractivity (Wildman–Crippen MR) is 122 cm³/mol. The van der Waals surface area contributed by atoms with Crippen LogP contribution in [-0.4, -0.2) is 36.5 Å². The van der Waals surface area contributed by atoms with Gasteiger partial charge in [-0.05, 0) is 41.9 Å². The van der Waals surface area contributed by atoms with Crippen LogP contribution in [0, 0.1) is 11.8 Å². The van der Waals surface area contributed by atoms with Crippen molar-refractivity contribution in [3.63, 3.8) is 0 Å². The zero-order valence-corrected chi connectivity index (χ0v) is 18.9. The first-order valence-corrected chi connectivity index (χ1v) is 11.7. The molecular weight excluding hydrogens is 424 g/mol. The molecule has 1 amide bonds. The molecule has 0 aromatic heterocycles. The largest absolute Gasteiger partial charge is 0.339 e. The minimum Gasteiger partial charge on any atom is -0.339 e. The van der Waals surface area contributed by atoms with Gasteiger partial charge >= 0.3 is 0 Å². The number of likely N-dealkylation sites (tertiary alicyclic amines) is 1. The van der Waals surface area contributed by atoms with E-state index in [4.69, 9.17) is 0 Å². The second kappa shape index (κ2) is 9.01. The molecule has 29 heavy (non-hydrogen) atoms. The Labute approximate surface area is 183 Å². The molecule has 0 spiro atoms. The summed E-state index contributed by atoms with van der Waals surface area (Å²) in [6.07, 6.45) is 2.12. The number of rotatable bonds is 4. The van der Waals surface area contributed by atoms with Gasteiger partial charge in [0.05, 0.1) is 5.92 Å². The zero-order chi connectivity index (χ0) is 20.4. The number of hydrogen-bond acceptors (Lipinski definition) is 2. The standard InChI is InChI=1S/C25H31BrN2O/c1-17(2)24-14-19(18-8-4-3-5-9-18)12-13-28(24)25(29)22-16-27-15-21(22)20-10-6-7-11-23(20)26/h3-11,17,19,21-22,24,27H,12-16H2,1-2H3/t19?,21-,22+,24?/m0/s1. The van der Waals surface area contributed by atoms with Crippen molar-refractivity contribution in [1.82, 2.24) is 10.2 Å². The first kappa shape index (κ1) is 20.6. The van der Waals surface area contributed by atoms with E-state index < -0.39 is 0 Å². The number of nitrogens with zero attached hydrogens (tertiary/aromatic N) is 1. The summed E-state index contributed by atoms with van der Waals surface area (Å²) in [6.45, 7) is 7.02. The second-order valence-electron chi connectivity index (χ2n) is 8.87. The first-order valence-electron chi connectivity index (χ1n) is 10.9. The second-order valence-corrected chi connectivity index (χ2v) is 9.72. The smallest absolute Gasteiger partial charge is 0.227 e. The number of carbonyl (C=O) groups is 1. The van der Waals surface area contributed by atoms with Gasteiger partial charge in [0.2, 0.25) is 5.91 Å². The van der Waals surface area contributed by atoms with Gasteiger partial charge in [0.15, 0.2) is 0 Å². The third-order valence-electron chi connectivity index (χ3n) is 6.80. The summed E-state index contributed by atoms with van der Waals surface area (Å²) >= 11 is 3.70. The number of nitrogens with one attached hydrogen (secondary N) is 1. The number of hydrogen-bond donors (Lipinski definition) is 1. The highest BCUT2D eigenvalue weighted by molar-refractivity contribution is 9.10. The minimum atomic E-state index is 0.0169. The molecule has 0 radical (unpaired) electrons. The summed E-state index contributed by atoms with van der Waals surface area (Å²) in [5, 5.41) is 3.48. The molecule has 2 unspecified atom stereocenters. The van der Waals surface area contributed by atoms with Crippen LogP contribution in [0.25, 0.3) is 0 Å². The van der Waals surface area contributed by atoms with Crippen molar-refractivity contribution in [2.24, 2.45) is 11.8 Å². The summed E-state index contributed by atoms with van der Waals surface area (Å²) in [7, 11) is 0. The normalized spacial score (nSPS) is 27.4. The third-order valence-corrected chi connectivity index (χ3v) is 7.53. The molecule has 2 aromatic rings. The summed E-state index contributed by atoms with van der Waals surface area (Å²) in [5.74, 6) is 1.59. The van der Waals surface area contributed by atoms with Crippen molar-refractivity contribution >= 4 is 21.8 Å². The highest BCUT2D eigenvalue weighted by atomic mass is 79.9. The molecule has 1 N–H and O–H groups in total. The Kier molecular flexibility index (Phi) is 6.41. The van der Waals surface area contributed by atoms with Crippen LogP contribution in [0.3, 0.4) is 0 Å². The van der Waals surface area contributed by atoms with Crippen molar-refractivity contribution in [2.45, 2.75) is 44.6 Å². The van der Waals surface area contributed by atoms with Crippen molar-refractivity contribution in [2.75, 3.05) is 19.6 Å². The fourth-order valence-electron chi connectivity index (χ4n) is 5.18. The third kappa shape index (κ3) is 4.29. The summed E-state index contributed by atoms with van der Waals surface area (Å²) < 4.78 is 1.11.